The second-order valence-electron chi connectivity index (χ2n) is 5.71. The highest BCUT2D eigenvalue weighted by Crippen LogP contribution is 2.40. The molecule has 0 saturated heterocycles. The van der Waals surface area contributed by atoms with E-state index in [1.807, 2.05) is 30.3 Å². The van der Waals surface area contributed by atoms with Gasteiger partial charge in [-0.15, -0.1) is 0 Å². The molecule has 2 aromatic heterocycles. The SMILES string of the molecule is O=c1[nH]c2c(c3[nH]c4ccccc4c13)Cc1ccc(Br)cc1-2. The third-order valence-corrected chi connectivity index (χ3v) is 4.98. The Morgan fingerprint density at radius 1 is 1.05 bits per heavy atom. The fourth-order valence-corrected chi connectivity index (χ4v) is 3.87. The zero-order chi connectivity index (χ0) is 14.8. The molecule has 0 radical (unpaired) electrons. The minimum atomic E-state index is -0.0287. The molecule has 0 unspecified atom stereocenters. The van der Waals surface area contributed by atoms with Crippen molar-refractivity contribution in [3.8, 4) is 11.3 Å². The van der Waals surface area contributed by atoms with Crippen LogP contribution in [0.1, 0.15) is 11.1 Å². The zero-order valence-electron chi connectivity index (χ0n) is 11.5. The van der Waals surface area contributed by atoms with E-state index in [0.29, 0.717) is 0 Å². The van der Waals surface area contributed by atoms with Gasteiger partial charge in [-0.1, -0.05) is 40.2 Å². The number of H-pyrrole nitrogens is 2. The monoisotopic (exact) mass is 350 g/mol. The van der Waals surface area contributed by atoms with Crippen LogP contribution in [0.2, 0.25) is 0 Å². The summed E-state index contributed by atoms with van der Waals surface area (Å²) in [6.07, 6.45) is 0.845. The van der Waals surface area contributed by atoms with Crippen LogP contribution in [0, 0.1) is 0 Å². The Bertz CT molecular complexity index is 1140. The van der Waals surface area contributed by atoms with E-state index < -0.39 is 0 Å². The molecule has 2 heterocycles. The van der Waals surface area contributed by atoms with Crippen molar-refractivity contribution in [3.05, 3.63) is 68.4 Å². The molecule has 0 aliphatic heterocycles. The van der Waals surface area contributed by atoms with Crippen molar-refractivity contribution >= 4 is 37.7 Å². The van der Waals surface area contributed by atoms with Crippen LogP contribution in [-0.4, -0.2) is 9.97 Å². The van der Waals surface area contributed by atoms with E-state index in [4.69, 9.17) is 0 Å². The van der Waals surface area contributed by atoms with Gasteiger partial charge in [0.25, 0.3) is 5.56 Å². The van der Waals surface area contributed by atoms with E-state index in [-0.39, 0.29) is 5.56 Å². The van der Waals surface area contributed by atoms with Crippen LogP contribution in [0.4, 0.5) is 0 Å². The van der Waals surface area contributed by atoms with Gasteiger partial charge in [0.05, 0.1) is 16.6 Å². The van der Waals surface area contributed by atoms with Gasteiger partial charge in [0.15, 0.2) is 0 Å². The Labute approximate surface area is 134 Å². The number of hydrogen-bond acceptors (Lipinski definition) is 1. The van der Waals surface area contributed by atoms with E-state index in [0.717, 1.165) is 44.0 Å². The average molecular weight is 351 g/mol. The number of aromatic nitrogens is 2. The van der Waals surface area contributed by atoms with Crippen molar-refractivity contribution in [2.45, 2.75) is 6.42 Å². The van der Waals surface area contributed by atoms with Crippen molar-refractivity contribution in [1.29, 1.82) is 0 Å². The predicted octanol–water partition coefficient (Wildman–Crippen LogP) is 4.34. The molecule has 4 aromatic rings. The quantitative estimate of drug-likeness (QED) is 0.428. The van der Waals surface area contributed by atoms with Crippen molar-refractivity contribution in [2.75, 3.05) is 0 Å². The fraction of sp³-hybridized carbons (Fsp3) is 0.0556. The van der Waals surface area contributed by atoms with Crippen LogP contribution < -0.4 is 5.56 Å². The molecule has 4 heteroatoms. The number of nitrogens with one attached hydrogen (secondary N) is 2. The molecule has 3 nitrogen and oxygen atoms in total. The lowest BCUT2D eigenvalue weighted by Gasteiger charge is -2.02. The number of halogens is 1. The van der Waals surface area contributed by atoms with Gasteiger partial charge >= 0.3 is 0 Å². The van der Waals surface area contributed by atoms with E-state index in [1.54, 1.807) is 0 Å². The van der Waals surface area contributed by atoms with E-state index >= 15 is 0 Å². The standard InChI is InChI=1S/C18H11BrN2O/c19-10-6-5-9-7-13-16(12(9)8-10)21-18(22)15-11-3-1-2-4-14(11)20-17(13)15/h1-6,8,20H,7H2,(H,21,22). The molecule has 2 N–H and O–H groups in total. The highest BCUT2D eigenvalue weighted by atomic mass is 79.9. The van der Waals surface area contributed by atoms with Gasteiger partial charge < -0.3 is 9.97 Å². The number of aromatic amines is 2. The number of fused-ring (bicyclic) bond motifs is 7. The highest BCUT2D eigenvalue weighted by molar-refractivity contribution is 9.10. The molecular weight excluding hydrogens is 340 g/mol. The maximum absolute atomic E-state index is 12.6. The second kappa shape index (κ2) is 4.11. The summed E-state index contributed by atoms with van der Waals surface area (Å²) in [5.74, 6) is 0. The van der Waals surface area contributed by atoms with Gasteiger partial charge in [-0.3, -0.25) is 4.79 Å². The summed E-state index contributed by atoms with van der Waals surface area (Å²) >= 11 is 3.51. The van der Waals surface area contributed by atoms with Gasteiger partial charge in [-0.25, -0.2) is 0 Å². The Kier molecular flexibility index (Phi) is 2.29. The van der Waals surface area contributed by atoms with Crippen molar-refractivity contribution < 1.29 is 0 Å². The summed E-state index contributed by atoms with van der Waals surface area (Å²) in [6, 6.07) is 14.2. The minimum absolute atomic E-state index is 0.0287. The summed E-state index contributed by atoms with van der Waals surface area (Å²) < 4.78 is 1.02. The Morgan fingerprint density at radius 2 is 1.91 bits per heavy atom. The zero-order valence-corrected chi connectivity index (χ0v) is 13.1. The lowest BCUT2D eigenvalue weighted by atomic mass is 10.1. The predicted molar refractivity (Wildman–Crippen MR) is 92.4 cm³/mol. The Morgan fingerprint density at radius 3 is 2.82 bits per heavy atom. The summed E-state index contributed by atoms with van der Waals surface area (Å²) in [7, 11) is 0. The smallest absolute Gasteiger partial charge is 0.258 e. The van der Waals surface area contributed by atoms with Crippen LogP contribution in [0.3, 0.4) is 0 Å². The lowest BCUT2D eigenvalue weighted by molar-refractivity contribution is 1.22. The molecular formula is C18H11BrN2O. The normalized spacial score (nSPS) is 12.8. The first-order valence-electron chi connectivity index (χ1n) is 7.17. The third kappa shape index (κ3) is 1.48. The lowest BCUT2D eigenvalue weighted by Crippen LogP contribution is -2.07. The molecule has 0 fully saturated rings. The Hall–Kier alpha value is -2.33. The summed E-state index contributed by atoms with van der Waals surface area (Å²) in [5, 5.41) is 1.75. The molecule has 1 aliphatic carbocycles. The van der Waals surface area contributed by atoms with Crippen LogP contribution in [0.25, 0.3) is 33.1 Å². The molecule has 2 aromatic carbocycles. The first-order valence-corrected chi connectivity index (χ1v) is 7.96. The first kappa shape index (κ1) is 12.2. The van der Waals surface area contributed by atoms with Crippen LogP contribution in [-0.2, 0) is 6.42 Å². The molecule has 22 heavy (non-hydrogen) atoms. The Balaban J connectivity index is 1.96. The molecule has 0 spiro atoms. The summed E-state index contributed by atoms with van der Waals surface area (Å²) in [6.45, 7) is 0. The van der Waals surface area contributed by atoms with Crippen molar-refractivity contribution in [3.63, 3.8) is 0 Å². The number of rotatable bonds is 0. The molecule has 0 saturated carbocycles. The second-order valence-corrected chi connectivity index (χ2v) is 6.62. The van der Waals surface area contributed by atoms with Crippen molar-refractivity contribution in [2.24, 2.45) is 0 Å². The van der Waals surface area contributed by atoms with E-state index in [2.05, 4.69) is 38.0 Å². The molecule has 0 atom stereocenters. The number of pyridine rings is 1. The first-order chi connectivity index (χ1) is 10.7. The third-order valence-electron chi connectivity index (χ3n) is 4.48. The number of benzene rings is 2. The maximum Gasteiger partial charge on any atom is 0.258 e. The van der Waals surface area contributed by atoms with E-state index in [9.17, 15) is 4.79 Å². The minimum Gasteiger partial charge on any atom is -0.354 e. The van der Waals surface area contributed by atoms with Crippen LogP contribution in [0.15, 0.2) is 51.7 Å². The number of hydrogen-bond donors (Lipinski definition) is 2. The average Bonchev–Trinajstić information content (AvgIpc) is 3.06. The van der Waals surface area contributed by atoms with Crippen LogP contribution in [0.5, 0.6) is 0 Å². The topological polar surface area (TPSA) is 48.6 Å². The fourth-order valence-electron chi connectivity index (χ4n) is 3.51. The van der Waals surface area contributed by atoms with Gasteiger partial charge in [-0.05, 0) is 23.8 Å². The number of para-hydroxylation sites is 1. The van der Waals surface area contributed by atoms with Crippen molar-refractivity contribution in [1.82, 2.24) is 9.97 Å². The molecule has 0 bridgehead atoms. The summed E-state index contributed by atoms with van der Waals surface area (Å²) in [5.41, 5.74) is 6.43. The van der Waals surface area contributed by atoms with Crippen LogP contribution >= 0.6 is 15.9 Å². The molecule has 1 aliphatic rings. The highest BCUT2D eigenvalue weighted by Gasteiger charge is 2.24. The molecule has 106 valence electrons. The van der Waals surface area contributed by atoms with Gasteiger partial charge in [0.1, 0.15) is 0 Å². The molecule has 0 amide bonds. The maximum atomic E-state index is 12.6. The van der Waals surface area contributed by atoms with Gasteiger partial charge in [-0.2, -0.15) is 0 Å². The van der Waals surface area contributed by atoms with E-state index in [1.165, 1.54) is 11.1 Å². The van der Waals surface area contributed by atoms with Gasteiger partial charge in [0, 0.05) is 32.9 Å². The summed E-state index contributed by atoms with van der Waals surface area (Å²) in [4.78, 5) is 19.2. The molecule has 5 rings (SSSR count). The van der Waals surface area contributed by atoms with Gasteiger partial charge in [0.2, 0.25) is 0 Å². The largest absolute Gasteiger partial charge is 0.354 e.